The van der Waals surface area contributed by atoms with E-state index in [0.717, 1.165) is 18.4 Å². The van der Waals surface area contributed by atoms with E-state index < -0.39 is 16.1 Å². The Morgan fingerprint density at radius 2 is 1.63 bits per heavy atom. The van der Waals surface area contributed by atoms with Gasteiger partial charge in [0.15, 0.2) is 5.82 Å². The Hall–Kier alpha value is -4.01. The molecular weight excluding hydrogens is 612 g/mol. The van der Waals surface area contributed by atoms with E-state index in [4.69, 9.17) is 13.8 Å². The van der Waals surface area contributed by atoms with Crippen LogP contribution in [0, 0.1) is 6.92 Å². The lowest BCUT2D eigenvalue weighted by molar-refractivity contribution is -0.0557. The maximum atomic E-state index is 12.9. The summed E-state index contributed by atoms with van der Waals surface area (Å²) < 4.78 is 37.4. The largest absolute Gasteiger partial charge is 0.489 e. The summed E-state index contributed by atoms with van der Waals surface area (Å²) in [5.74, 6) is 1.31. The van der Waals surface area contributed by atoms with Crippen LogP contribution in [0.2, 0.25) is 0 Å². The molecule has 0 aliphatic carbocycles. The van der Waals surface area contributed by atoms with Crippen LogP contribution in [0.25, 0.3) is 0 Å². The number of carbonyl (C=O) groups is 2. The number of hydrogen-bond donors (Lipinski definition) is 4. The molecule has 3 amide bonds. The second-order valence-corrected chi connectivity index (χ2v) is 15.3. The molecule has 0 unspecified atom stereocenters. The number of piperidine rings is 1. The molecule has 1 aliphatic rings. The molecule has 1 aromatic carbocycles. The van der Waals surface area contributed by atoms with Gasteiger partial charge in [-0.2, -0.15) is 8.42 Å². The molecule has 0 spiro atoms. The number of ether oxygens (including phenoxy) is 1. The van der Waals surface area contributed by atoms with Crippen LogP contribution in [0.3, 0.4) is 0 Å². The first-order valence-corrected chi connectivity index (χ1v) is 16.6. The van der Waals surface area contributed by atoms with Gasteiger partial charge in [0.05, 0.1) is 12.5 Å². The number of pyridine rings is 1. The van der Waals surface area contributed by atoms with Gasteiger partial charge >= 0.3 is 6.03 Å². The maximum absolute atomic E-state index is 12.9. The van der Waals surface area contributed by atoms with Crippen LogP contribution < -0.4 is 20.7 Å². The second kappa shape index (κ2) is 13.8. The van der Waals surface area contributed by atoms with E-state index >= 15 is 0 Å². The van der Waals surface area contributed by atoms with Crippen LogP contribution >= 0.6 is 0 Å². The second-order valence-electron chi connectivity index (χ2n) is 13.8. The van der Waals surface area contributed by atoms with Crippen molar-refractivity contribution in [3.63, 3.8) is 0 Å². The highest BCUT2D eigenvalue weighted by Gasteiger charge is 2.44. The van der Waals surface area contributed by atoms with Crippen molar-refractivity contribution in [2.24, 2.45) is 0 Å². The first-order valence-electron chi connectivity index (χ1n) is 14.8. The third kappa shape index (κ3) is 10.5. The lowest BCUT2D eigenvalue weighted by Crippen LogP contribution is -2.60. The van der Waals surface area contributed by atoms with Gasteiger partial charge in [-0.1, -0.05) is 25.9 Å². The number of hydrogen-bond acceptors (Lipinski definition) is 9. The standard InChI is InChI=1S/C31H42N6O4.CH4O3S/c1-19-14-20(33-28(39)35-26-15-25(41-36-26)29(2,3)4)10-12-23(19)34-27(38)24-13-11-21(18-32-24)40-22-16-30(5,6)37(9)31(7,8)17-22;1-5(2,3)4/h10-15,18,22H,16-17H2,1-9H3,(H,34,38)(H2,33,35,36,39);1H3,(H,2,3,4). The summed E-state index contributed by atoms with van der Waals surface area (Å²) in [5, 5.41) is 12.2. The van der Waals surface area contributed by atoms with Crippen molar-refractivity contribution in [3.8, 4) is 5.75 Å². The molecule has 14 heteroatoms. The molecule has 46 heavy (non-hydrogen) atoms. The molecule has 0 radical (unpaired) electrons. The monoisotopic (exact) mass is 658 g/mol. The molecule has 0 atom stereocenters. The molecule has 1 fully saturated rings. The third-order valence-corrected chi connectivity index (χ3v) is 7.77. The normalized spacial score (nSPS) is 16.5. The highest BCUT2D eigenvalue weighted by molar-refractivity contribution is 7.85. The summed E-state index contributed by atoms with van der Waals surface area (Å²) in [6.45, 7) is 16.8. The highest BCUT2D eigenvalue weighted by atomic mass is 32.2. The van der Waals surface area contributed by atoms with Crippen molar-refractivity contribution in [2.75, 3.05) is 29.3 Å². The fraction of sp³-hybridized carbons (Fsp3) is 0.500. The fourth-order valence-electron chi connectivity index (χ4n) is 5.17. The van der Waals surface area contributed by atoms with Crippen LogP contribution in [0.5, 0.6) is 5.75 Å². The molecule has 13 nitrogen and oxygen atoms in total. The molecule has 2 aromatic heterocycles. The minimum atomic E-state index is -3.67. The van der Waals surface area contributed by atoms with E-state index in [1.165, 1.54) is 0 Å². The van der Waals surface area contributed by atoms with Crippen LogP contribution in [0.4, 0.5) is 22.0 Å². The summed E-state index contributed by atoms with van der Waals surface area (Å²) >= 11 is 0. The lowest BCUT2D eigenvalue weighted by atomic mass is 9.79. The zero-order chi connectivity index (χ0) is 34.7. The fourth-order valence-corrected chi connectivity index (χ4v) is 5.17. The topological polar surface area (TPSA) is 176 Å². The number of likely N-dealkylation sites (tertiary alicyclic amines) is 1. The summed E-state index contributed by atoms with van der Waals surface area (Å²) in [4.78, 5) is 32.1. The van der Waals surface area contributed by atoms with E-state index in [1.54, 1.807) is 42.6 Å². The Bertz CT molecular complexity index is 1620. The SMILES string of the molecule is CS(=O)(=O)O.Cc1cc(NC(=O)Nc2cc(C(C)(C)C)on2)ccc1NC(=O)c1ccc(OC2CC(C)(C)N(C)C(C)(C)C2)cn1. The van der Waals surface area contributed by atoms with E-state index in [2.05, 4.69) is 65.7 Å². The molecule has 4 rings (SSSR count). The molecular formula is C32H46N6O7S. The molecule has 0 bridgehead atoms. The van der Waals surface area contributed by atoms with Crippen LogP contribution in [-0.4, -0.2) is 70.4 Å². The minimum Gasteiger partial charge on any atom is -0.489 e. The maximum Gasteiger partial charge on any atom is 0.324 e. The van der Waals surface area contributed by atoms with Crippen molar-refractivity contribution < 1.29 is 31.8 Å². The average Bonchev–Trinajstić information content (AvgIpc) is 3.37. The number of urea groups is 1. The van der Waals surface area contributed by atoms with Gasteiger partial charge in [-0.15, -0.1) is 0 Å². The summed E-state index contributed by atoms with van der Waals surface area (Å²) in [6.07, 6.45) is 4.18. The Morgan fingerprint density at radius 1 is 1.02 bits per heavy atom. The number of aryl methyl sites for hydroxylation is 1. The smallest absolute Gasteiger partial charge is 0.324 e. The predicted octanol–water partition coefficient (Wildman–Crippen LogP) is 6.11. The molecule has 4 N–H and O–H groups in total. The van der Waals surface area contributed by atoms with E-state index in [-0.39, 0.29) is 34.2 Å². The number of nitrogens with zero attached hydrogens (tertiary/aromatic N) is 3. The predicted molar refractivity (Wildman–Crippen MR) is 178 cm³/mol. The molecule has 0 saturated carbocycles. The number of anilines is 3. The van der Waals surface area contributed by atoms with E-state index in [1.807, 2.05) is 27.7 Å². The summed E-state index contributed by atoms with van der Waals surface area (Å²) in [7, 11) is -1.50. The minimum absolute atomic E-state index is 0.0135. The molecule has 3 aromatic rings. The third-order valence-electron chi connectivity index (χ3n) is 7.77. The first-order chi connectivity index (χ1) is 21.0. The Morgan fingerprint density at radius 3 is 2.13 bits per heavy atom. The van der Waals surface area contributed by atoms with Gasteiger partial charge < -0.3 is 19.9 Å². The van der Waals surface area contributed by atoms with Crippen molar-refractivity contribution >= 4 is 39.2 Å². The Balaban J connectivity index is 0.00000107. The average molecular weight is 659 g/mol. The van der Waals surface area contributed by atoms with Crippen molar-refractivity contribution in [2.45, 2.75) is 90.8 Å². The molecule has 252 valence electrons. The van der Waals surface area contributed by atoms with E-state index in [9.17, 15) is 18.0 Å². The van der Waals surface area contributed by atoms with Crippen molar-refractivity contribution in [3.05, 3.63) is 59.6 Å². The van der Waals surface area contributed by atoms with Crippen molar-refractivity contribution in [1.29, 1.82) is 0 Å². The van der Waals surface area contributed by atoms with Gasteiger partial charge in [0.1, 0.15) is 23.3 Å². The number of carbonyl (C=O) groups excluding carboxylic acids is 2. The molecule has 1 aliphatic heterocycles. The van der Waals surface area contributed by atoms with Gasteiger partial charge in [-0.3, -0.25) is 19.6 Å². The van der Waals surface area contributed by atoms with Gasteiger partial charge in [0.25, 0.3) is 16.0 Å². The quantitative estimate of drug-likeness (QED) is 0.226. The van der Waals surface area contributed by atoms with Gasteiger partial charge in [0, 0.05) is 46.8 Å². The van der Waals surface area contributed by atoms with Crippen LogP contribution in [-0.2, 0) is 15.5 Å². The Labute approximate surface area is 271 Å². The van der Waals surface area contributed by atoms with Crippen molar-refractivity contribution in [1.82, 2.24) is 15.0 Å². The van der Waals surface area contributed by atoms with Gasteiger partial charge in [0.2, 0.25) is 0 Å². The zero-order valence-electron chi connectivity index (χ0n) is 28.2. The van der Waals surface area contributed by atoms with E-state index in [0.29, 0.717) is 35.0 Å². The number of benzene rings is 1. The summed E-state index contributed by atoms with van der Waals surface area (Å²) in [6, 6.07) is 9.92. The summed E-state index contributed by atoms with van der Waals surface area (Å²) in [5.41, 5.74) is 2.06. The zero-order valence-corrected chi connectivity index (χ0v) is 29.0. The van der Waals surface area contributed by atoms with Gasteiger partial charge in [-0.05, 0) is 77.6 Å². The Kier molecular flexibility index (Phi) is 10.9. The number of aromatic nitrogens is 2. The first kappa shape index (κ1) is 36.5. The molecule has 1 saturated heterocycles. The van der Waals surface area contributed by atoms with Crippen LogP contribution in [0.15, 0.2) is 47.1 Å². The molecule has 3 heterocycles. The van der Waals surface area contributed by atoms with Crippen LogP contribution in [0.1, 0.15) is 83.1 Å². The number of rotatable bonds is 6. The highest BCUT2D eigenvalue weighted by Crippen LogP contribution is 2.38. The van der Waals surface area contributed by atoms with Gasteiger partial charge in [-0.25, -0.2) is 9.78 Å². The lowest BCUT2D eigenvalue weighted by Gasteiger charge is -2.53. The number of nitrogens with one attached hydrogen (secondary N) is 3. The number of amides is 3.